The molecule has 6 nitrogen and oxygen atoms in total. The first-order valence-electron chi connectivity index (χ1n) is 14.4. The lowest BCUT2D eigenvalue weighted by molar-refractivity contribution is -0.135. The maximum atomic E-state index is 13.3. The van der Waals surface area contributed by atoms with E-state index >= 15 is 0 Å². The van der Waals surface area contributed by atoms with E-state index in [0.717, 1.165) is 62.4 Å². The van der Waals surface area contributed by atoms with Gasteiger partial charge in [-0.2, -0.15) is 0 Å². The number of hydrogen-bond acceptors (Lipinski definition) is 4. The summed E-state index contributed by atoms with van der Waals surface area (Å²) in [6.45, 7) is 1.92. The van der Waals surface area contributed by atoms with Gasteiger partial charge in [-0.3, -0.25) is 9.59 Å². The van der Waals surface area contributed by atoms with E-state index in [9.17, 15) is 14.7 Å². The maximum Gasteiger partial charge on any atom is 0.248 e. The van der Waals surface area contributed by atoms with Crippen LogP contribution in [0, 0.1) is 0 Å². The molecule has 0 unspecified atom stereocenters. The van der Waals surface area contributed by atoms with Crippen molar-refractivity contribution < 1.29 is 14.6 Å². The number of unbranched alkanes of at least 4 members (excludes halogenated alkanes) is 2. The lowest BCUT2D eigenvalue weighted by Crippen LogP contribution is -2.41. The summed E-state index contributed by atoms with van der Waals surface area (Å²) in [4.78, 5) is 29.8. The summed E-state index contributed by atoms with van der Waals surface area (Å²) < 4.78 is 5.83. The molecule has 0 radical (unpaired) electrons. The van der Waals surface area contributed by atoms with Gasteiger partial charge in [0, 0.05) is 24.0 Å². The Bertz CT molecular complexity index is 1200. The highest BCUT2D eigenvalue weighted by molar-refractivity contribution is 5.87. The number of carbonyl (C=O) groups is 1. The maximum absolute atomic E-state index is 13.3. The lowest BCUT2D eigenvalue weighted by atomic mass is 10.0. The molecule has 0 atom stereocenters. The van der Waals surface area contributed by atoms with Gasteiger partial charge in [0.1, 0.15) is 5.75 Å². The van der Waals surface area contributed by atoms with Crippen LogP contribution in [0.1, 0.15) is 75.3 Å². The van der Waals surface area contributed by atoms with Crippen molar-refractivity contribution in [1.29, 1.82) is 0 Å². The number of aromatic hydroxyl groups is 1. The van der Waals surface area contributed by atoms with E-state index < -0.39 is 0 Å². The minimum atomic E-state index is -0.213. The Hall–Kier alpha value is -3.12. The second kappa shape index (κ2) is 14.7. The van der Waals surface area contributed by atoms with Gasteiger partial charge in [-0.15, -0.1) is 0 Å². The van der Waals surface area contributed by atoms with Crippen molar-refractivity contribution in [2.24, 2.45) is 0 Å². The molecule has 4 rings (SSSR count). The molecule has 204 valence electrons. The number of amides is 1. The molecule has 0 spiro atoms. The van der Waals surface area contributed by atoms with Crippen LogP contribution in [0.3, 0.4) is 0 Å². The van der Waals surface area contributed by atoms with Crippen molar-refractivity contribution in [2.45, 2.75) is 83.1 Å². The van der Waals surface area contributed by atoms with E-state index in [-0.39, 0.29) is 17.2 Å². The monoisotopic (exact) mass is 518 g/mol. The van der Waals surface area contributed by atoms with Crippen LogP contribution in [0.2, 0.25) is 0 Å². The zero-order valence-electron chi connectivity index (χ0n) is 22.5. The van der Waals surface area contributed by atoms with Gasteiger partial charge in [0.25, 0.3) is 0 Å². The van der Waals surface area contributed by atoms with E-state index in [1.165, 1.54) is 37.3 Å². The van der Waals surface area contributed by atoms with E-state index in [2.05, 4.69) is 22.0 Å². The second-order valence-electron chi connectivity index (χ2n) is 10.5. The van der Waals surface area contributed by atoms with Gasteiger partial charge in [0.2, 0.25) is 11.5 Å². The van der Waals surface area contributed by atoms with Crippen LogP contribution in [0.15, 0.2) is 59.4 Å². The number of hydrogen-bond donors (Lipinski definition) is 2. The molecule has 3 aromatic rings. The number of aromatic amines is 1. The number of benzene rings is 2. The van der Waals surface area contributed by atoms with Crippen LogP contribution in [0.4, 0.5) is 0 Å². The number of rotatable bonds is 13. The van der Waals surface area contributed by atoms with Gasteiger partial charge in [-0.25, -0.2) is 0 Å². The van der Waals surface area contributed by atoms with Gasteiger partial charge in [-0.1, -0.05) is 68.5 Å². The fourth-order valence-corrected chi connectivity index (χ4v) is 5.61. The number of aryl methyl sites for hydroxylation is 1. The molecule has 1 heterocycles. The Labute approximate surface area is 226 Å². The van der Waals surface area contributed by atoms with Gasteiger partial charge < -0.3 is 19.7 Å². The molecule has 1 fully saturated rings. The summed E-state index contributed by atoms with van der Waals surface area (Å²) in [5, 5.41) is 11.0. The minimum absolute atomic E-state index is 0.100. The molecule has 1 aliphatic rings. The normalized spacial score (nSPS) is 14.4. The summed E-state index contributed by atoms with van der Waals surface area (Å²) >= 11 is 0. The number of ether oxygens (including phenoxy) is 1. The highest BCUT2D eigenvalue weighted by Gasteiger charge is 2.24. The Morgan fingerprint density at radius 2 is 1.68 bits per heavy atom. The largest absolute Gasteiger partial charge is 0.506 e. The molecule has 0 saturated heterocycles. The van der Waals surface area contributed by atoms with Crippen LogP contribution in [0.25, 0.3) is 10.9 Å². The van der Waals surface area contributed by atoms with Crippen molar-refractivity contribution in [2.75, 3.05) is 19.8 Å². The number of aromatic nitrogens is 1. The summed E-state index contributed by atoms with van der Waals surface area (Å²) in [5.41, 5.74) is 2.67. The molecular weight excluding hydrogens is 476 g/mol. The molecule has 6 heteroatoms. The van der Waals surface area contributed by atoms with E-state index in [1.54, 1.807) is 12.1 Å². The van der Waals surface area contributed by atoms with E-state index in [1.807, 2.05) is 24.3 Å². The average Bonchev–Trinajstić information content (AvgIpc) is 3.22. The molecule has 2 aromatic carbocycles. The Morgan fingerprint density at radius 3 is 2.47 bits per heavy atom. The minimum Gasteiger partial charge on any atom is -0.506 e. The number of carbonyl (C=O) groups excluding carboxylic acids is 1. The van der Waals surface area contributed by atoms with Crippen molar-refractivity contribution in [3.05, 3.63) is 76.1 Å². The molecule has 2 N–H and O–H groups in total. The fraction of sp³-hybridized carbons (Fsp3) is 0.500. The number of phenolic OH excluding ortho intramolecular Hbond substituents is 1. The quantitative estimate of drug-likeness (QED) is 0.210. The molecule has 1 aromatic heterocycles. The predicted octanol–water partition coefficient (Wildman–Crippen LogP) is 6.15. The molecule has 38 heavy (non-hydrogen) atoms. The number of nitrogens with zero attached hydrogens (tertiary/aromatic N) is 1. The third-order valence-electron chi connectivity index (χ3n) is 7.73. The summed E-state index contributed by atoms with van der Waals surface area (Å²) in [7, 11) is 0. The Balaban J connectivity index is 1.25. The SMILES string of the molecule is O=C(CCOCCc1ccccc1)N(CCCCCc1ccc(O)c2[nH]c(=O)ccc12)C1CCCCCC1. The van der Waals surface area contributed by atoms with Crippen LogP contribution in [-0.4, -0.2) is 46.7 Å². The highest BCUT2D eigenvalue weighted by atomic mass is 16.5. The molecular formula is C32H42N2O4. The smallest absolute Gasteiger partial charge is 0.248 e. The van der Waals surface area contributed by atoms with Crippen LogP contribution in [0.5, 0.6) is 5.75 Å². The fourth-order valence-electron chi connectivity index (χ4n) is 5.61. The molecule has 0 bridgehead atoms. The first kappa shape index (κ1) is 27.9. The standard InChI is InChI=1S/C32H42N2O4/c35-29-18-16-26(28-17-19-30(36)33-32(28)29)13-7-4-10-22-34(27-14-8-1-2-9-15-27)31(37)21-24-38-23-20-25-11-5-3-6-12-25/h3,5-6,11-12,16-19,27,35H,1-2,4,7-10,13-15,20-24H2,(H,33,36). The average molecular weight is 519 g/mol. The zero-order valence-corrected chi connectivity index (χ0v) is 22.5. The third kappa shape index (κ3) is 8.19. The first-order valence-corrected chi connectivity index (χ1v) is 14.4. The highest BCUT2D eigenvalue weighted by Crippen LogP contribution is 2.26. The molecule has 1 saturated carbocycles. The van der Waals surface area contributed by atoms with E-state index in [4.69, 9.17) is 4.74 Å². The number of nitrogens with one attached hydrogen (secondary N) is 1. The van der Waals surface area contributed by atoms with Gasteiger partial charge in [-0.05, 0) is 61.8 Å². The van der Waals surface area contributed by atoms with Crippen molar-refractivity contribution in [3.63, 3.8) is 0 Å². The van der Waals surface area contributed by atoms with Crippen LogP contribution in [-0.2, 0) is 22.4 Å². The number of H-pyrrole nitrogens is 1. The van der Waals surface area contributed by atoms with Crippen LogP contribution < -0.4 is 5.56 Å². The van der Waals surface area contributed by atoms with Crippen molar-refractivity contribution in [3.8, 4) is 5.75 Å². The Kier molecular flexibility index (Phi) is 10.8. The number of phenols is 1. The van der Waals surface area contributed by atoms with Crippen LogP contribution >= 0.6 is 0 Å². The zero-order chi connectivity index (χ0) is 26.6. The Morgan fingerprint density at radius 1 is 0.895 bits per heavy atom. The molecule has 0 aliphatic heterocycles. The van der Waals surface area contributed by atoms with Gasteiger partial charge >= 0.3 is 0 Å². The summed E-state index contributed by atoms with van der Waals surface area (Å²) in [5.74, 6) is 0.327. The predicted molar refractivity (Wildman–Crippen MR) is 153 cm³/mol. The molecule has 1 aliphatic carbocycles. The number of pyridine rings is 1. The first-order chi connectivity index (χ1) is 18.6. The number of fused-ring (bicyclic) bond motifs is 1. The van der Waals surface area contributed by atoms with Crippen molar-refractivity contribution in [1.82, 2.24) is 9.88 Å². The van der Waals surface area contributed by atoms with E-state index in [0.29, 0.717) is 31.2 Å². The second-order valence-corrected chi connectivity index (χ2v) is 10.5. The summed E-state index contributed by atoms with van der Waals surface area (Å²) in [6, 6.07) is 17.6. The summed E-state index contributed by atoms with van der Waals surface area (Å²) in [6.07, 6.45) is 12.4. The molecule has 1 amide bonds. The lowest BCUT2D eigenvalue weighted by Gasteiger charge is -2.31. The van der Waals surface area contributed by atoms with Crippen molar-refractivity contribution >= 4 is 16.8 Å². The topological polar surface area (TPSA) is 82.6 Å². The third-order valence-corrected chi connectivity index (χ3v) is 7.73. The van der Waals surface area contributed by atoms with Gasteiger partial charge in [0.05, 0.1) is 25.2 Å². The van der Waals surface area contributed by atoms with Gasteiger partial charge in [0.15, 0.2) is 0 Å².